The lowest BCUT2D eigenvalue weighted by atomic mass is 9.94. The summed E-state index contributed by atoms with van der Waals surface area (Å²) < 4.78 is 35.0. The van der Waals surface area contributed by atoms with Crippen molar-refractivity contribution in [3.63, 3.8) is 0 Å². The second-order valence-electron chi connectivity index (χ2n) is 7.32. The molecule has 4 N–H and O–H groups in total. The van der Waals surface area contributed by atoms with Crippen LogP contribution in [0.4, 0.5) is 8.78 Å². The first-order valence-electron chi connectivity index (χ1n) is 9.41. The molecule has 11 heteroatoms. The zero-order chi connectivity index (χ0) is 22.5. The summed E-state index contributed by atoms with van der Waals surface area (Å²) in [6, 6.07) is 3.38. The minimum Gasteiger partial charge on any atom is -0.395 e. The van der Waals surface area contributed by atoms with Crippen LogP contribution in [0.15, 0.2) is 18.2 Å². The van der Waals surface area contributed by atoms with Gasteiger partial charge in [-0.15, -0.1) is 8.78 Å². The molecule has 2 aliphatic rings. The topological polar surface area (TPSA) is 117 Å². The lowest BCUT2D eigenvalue weighted by Crippen LogP contribution is -2.46. The zero-order valence-electron chi connectivity index (χ0n) is 16.7. The van der Waals surface area contributed by atoms with Gasteiger partial charge in [-0.2, -0.15) is 12.6 Å². The molecule has 0 unspecified atom stereocenters. The molecule has 1 aromatic carbocycles. The number of hydrogen-bond donors (Lipinski definition) is 5. The van der Waals surface area contributed by atoms with Crippen molar-refractivity contribution in [1.29, 1.82) is 0 Å². The van der Waals surface area contributed by atoms with E-state index >= 15 is 0 Å². The first kappa shape index (κ1) is 24.2. The number of rotatable bonds is 7. The highest BCUT2D eigenvalue weighted by atomic mass is 32.1. The van der Waals surface area contributed by atoms with Gasteiger partial charge in [-0.25, -0.2) is 0 Å². The third-order valence-electron chi connectivity index (χ3n) is 4.35. The smallest absolute Gasteiger partial charge is 0.395 e. The summed E-state index contributed by atoms with van der Waals surface area (Å²) in [5.74, 6) is -1.22. The van der Waals surface area contributed by atoms with Gasteiger partial charge in [0, 0.05) is 0 Å². The molecule has 0 aromatic heterocycles. The maximum atomic E-state index is 13.1. The first-order chi connectivity index (χ1) is 14.0. The number of carbonyl (C=O) groups is 2. The second kappa shape index (κ2) is 9.80. The Kier molecular flexibility index (Phi) is 7.89. The van der Waals surface area contributed by atoms with Crippen molar-refractivity contribution in [2.24, 2.45) is 0 Å². The van der Waals surface area contributed by atoms with Gasteiger partial charge in [0.05, 0.1) is 31.2 Å². The van der Waals surface area contributed by atoms with Gasteiger partial charge in [-0.3, -0.25) is 9.59 Å². The van der Waals surface area contributed by atoms with Crippen LogP contribution in [0.2, 0.25) is 0 Å². The van der Waals surface area contributed by atoms with Gasteiger partial charge in [0.15, 0.2) is 11.5 Å². The third-order valence-corrected chi connectivity index (χ3v) is 4.35. The molecule has 1 saturated carbocycles. The number of nitrogens with one attached hydrogen (secondary N) is 2. The van der Waals surface area contributed by atoms with E-state index in [4.69, 9.17) is 10.2 Å². The van der Waals surface area contributed by atoms with E-state index in [0.29, 0.717) is 23.7 Å². The number of amides is 2. The monoisotopic (exact) mass is 448 g/mol. The Labute approximate surface area is 178 Å². The number of hydrogen-bond acceptors (Lipinski definition) is 7. The third kappa shape index (κ3) is 6.19. The average Bonchev–Trinajstić information content (AvgIpc) is 3.40. The quantitative estimate of drug-likeness (QED) is 0.397. The van der Waals surface area contributed by atoms with Crippen molar-refractivity contribution in [3.8, 4) is 11.5 Å². The summed E-state index contributed by atoms with van der Waals surface area (Å²) in [5.41, 5.74) is -0.400. The van der Waals surface area contributed by atoms with Crippen molar-refractivity contribution < 1.29 is 38.1 Å². The van der Waals surface area contributed by atoms with Gasteiger partial charge in [0.25, 0.3) is 0 Å². The molecule has 30 heavy (non-hydrogen) atoms. The Hall–Kier alpha value is -2.11. The normalized spacial score (nSPS) is 17.2. The fraction of sp³-hybridized carbons (Fsp3) is 0.579. The number of halogens is 2. The minimum absolute atomic E-state index is 0.103. The van der Waals surface area contributed by atoms with Gasteiger partial charge in [0.1, 0.15) is 0 Å². The van der Waals surface area contributed by atoms with Crippen LogP contribution in [0.25, 0.3) is 0 Å². The molecule has 8 nitrogen and oxygen atoms in total. The maximum absolute atomic E-state index is 13.1. The lowest BCUT2D eigenvalue weighted by Gasteiger charge is -2.17. The Balaban J connectivity index is 0.000000735. The molecule has 0 atom stereocenters. The molecule has 0 bridgehead atoms. The molecule has 1 aliphatic heterocycles. The van der Waals surface area contributed by atoms with Crippen molar-refractivity contribution >= 4 is 24.4 Å². The van der Waals surface area contributed by atoms with Crippen LogP contribution in [-0.2, 0) is 15.0 Å². The Morgan fingerprint density at radius 2 is 1.73 bits per heavy atom. The van der Waals surface area contributed by atoms with Gasteiger partial charge >= 0.3 is 6.29 Å². The van der Waals surface area contributed by atoms with Crippen molar-refractivity contribution in [2.45, 2.75) is 49.7 Å². The number of ether oxygens (including phenoxy) is 2. The second-order valence-corrected chi connectivity index (χ2v) is 8.35. The Bertz CT molecular complexity index is 767. The van der Waals surface area contributed by atoms with Gasteiger partial charge in [-0.1, -0.05) is 19.9 Å². The van der Waals surface area contributed by atoms with Crippen LogP contribution in [0.3, 0.4) is 0 Å². The Morgan fingerprint density at radius 1 is 1.17 bits per heavy atom. The van der Waals surface area contributed by atoms with E-state index in [1.807, 2.05) is 13.8 Å². The van der Waals surface area contributed by atoms with Crippen molar-refractivity contribution in [1.82, 2.24) is 10.6 Å². The maximum Gasteiger partial charge on any atom is 0.586 e. The fourth-order valence-electron chi connectivity index (χ4n) is 2.78. The number of fused-ring (bicyclic) bond motifs is 1. The van der Waals surface area contributed by atoms with Gasteiger partial charge in [-0.05, 0) is 35.8 Å². The molecule has 1 fully saturated rings. The van der Waals surface area contributed by atoms with E-state index in [0.717, 1.165) is 0 Å². The van der Waals surface area contributed by atoms with E-state index in [-0.39, 0.29) is 18.0 Å². The van der Waals surface area contributed by atoms with Crippen LogP contribution in [0, 0.1) is 0 Å². The molecule has 0 saturated heterocycles. The van der Waals surface area contributed by atoms with E-state index in [1.165, 1.54) is 18.2 Å². The number of benzene rings is 1. The van der Waals surface area contributed by atoms with E-state index in [2.05, 4.69) is 32.7 Å². The first-order valence-corrected chi connectivity index (χ1v) is 9.92. The highest BCUT2D eigenvalue weighted by molar-refractivity contribution is 7.80. The molecule has 3 rings (SSSR count). The average molecular weight is 448 g/mol. The predicted molar refractivity (Wildman–Crippen MR) is 107 cm³/mol. The number of thiol groups is 1. The molecule has 1 heterocycles. The highest BCUT2D eigenvalue weighted by Crippen LogP contribution is 2.51. The standard InChI is InChI=1S/C16H18F2N2O6.C3H8S/c17-16(18)25-11-2-1-9(5-12(11)26-16)15(3-4-15)14(24)19-6-13(23)20-10(7-21)8-22;1-3(2)4/h1-2,5,10,21-22H,3-4,6-8H2,(H,19,24)(H,20,23);3-4H,1-2H3. The number of carbonyl (C=O) groups excluding carboxylic acids is 2. The van der Waals surface area contributed by atoms with E-state index in [1.54, 1.807) is 0 Å². The van der Waals surface area contributed by atoms with Crippen LogP contribution < -0.4 is 20.1 Å². The number of aliphatic hydroxyl groups is 2. The highest BCUT2D eigenvalue weighted by Gasteiger charge is 2.52. The summed E-state index contributed by atoms with van der Waals surface area (Å²) in [4.78, 5) is 24.2. The SMILES string of the molecule is CC(C)S.O=C(CNC(=O)C1(c2ccc3c(c2)OC(F)(F)O3)CC1)NC(CO)CO. The zero-order valence-corrected chi connectivity index (χ0v) is 17.5. The molecule has 1 aliphatic carbocycles. The van der Waals surface area contributed by atoms with Crippen molar-refractivity contribution in [2.75, 3.05) is 19.8 Å². The summed E-state index contributed by atoms with van der Waals surface area (Å²) in [7, 11) is 0. The van der Waals surface area contributed by atoms with E-state index in [9.17, 15) is 18.4 Å². The molecule has 0 spiro atoms. The number of aliphatic hydroxyl groups excluding tert-OH is 2. The summed E-state index contributed by atoms with van der Waals surface area (Å²) in [6.45, 7) is 2.87. The molecular formula is C19H26F2N2O6S. The number of alkyl halides is 2. The largest absolute Gasteiger partial charge is 0.586 e. The van der Waals surface area contributed by atoms with Gasteiger partial charge < -0.3 is 30.3 Å². The predicted octanol–water partition coefficient (Wildman–Crippen LogP) is 0.950. The summed E-state index contributed by atoms with van der Waals surface area (Å²) >= 11 is 3.97. The van der Waals surface area contributed by atoms with Gasteiger partial charge in [0.2, 0.25) is 11.8 Å². The molecule has 0 radical (unpaired) electrons. The molecule has 2 amide bonds. The summed E-state index contributed by atoms with van der Waals surface area (Å²) in [5, 5.41) is 23.2. The molecule has 168 valence electrons. The fourth-order valence-corrected chi connectivity index (χ4v) is 2.78. The summed E-state index contributed by atoms with van der Waals surface area (Å²) in [6.07, 6.45) is -2.72. The lowest BCUT2D eigenvalue weighted by molar-refractivity contribution is -0.286. The van der Waals surface area contributed by atoms with E-state index < -0.39 is 42.8 Å². The van der Waals surface area contributed by atoms with Crippen LogP contribution in [0.1, 0.15) is 32.3 Å². The Morgan fingerprint density at radius 3 is 2.27 bits per heavy atom. The minimum atomic E-state index is -3.73. The molecular weight excluding hydrogens is 422 g/mol. The molecule has 1 aromatic rings. The van der Waals surface area contributed by atoms with Crippen LogP contribution in [-0.4, -0.2) is 59.4 Å². The van der Waals surface area contributed by atoms with Crippen LogP contribution in [0.5, 0.6) is 11.5 Å². The van der Waals surface area contributed by atoms with Crippen LogP contribution >= 0.6 is 12.6 Å². The van der Waals surface area contributed by atoms with Crippen molar-refractivity contribution in [3.05, 3.63) is 23.8 Å².